The molecule has 31 heavy (non-hydrogen) atoms. The van der Waals surface area contributed by atoms with Gasteiger partial charge in [-0.05, 0) is 78.9 Å². The lowest BCUT2D eigenvalue weighted by Gasteiger charge is -2.42. The van der Waals surface area contributed by atoms with E-state index in [2.05, 4.69) is 11.7 Å². The molecule has 4 atom stereocenters. The molecule has 6 heteroatoms. The third-order valence-electron chi connectivity index (χ3n) is 7.38. The van der Waals surface area contributed by atoms with Gasteiger partial charge >= 0.3 is 6.36 Å². The summed E-state index contributed by atoms with van der Waals surface area (Å²) in [6, 6.07) is 5.26. The molecule has 0 N–H and O–H groups in total. The van der Waals surface area contributed by atoms with Crippen LogP contribution in [-0.4, -0.2) is 6.36 Å². The minimum Gasteiger partial charge on any atom is -0.403 e. The van der Waals surface area contributed by atoms with Crippen LogP contribution in [0.15, 0.2) is 24.3 Å². The zero-order chi connectivity index (χ0) is 22.2. The molecule has 2 fully saturated rings. The molecule has 0 radical (unpaired) electrons. The van der Waals surface area contributed by atoms with Crippen molar-refractivity contribution in [2.45, 2.75) is 77.0 Å². The Hall–Kier alpha value is -1.85. The zero-order valence-electron chi connectivity index (χ0n) is 17.8. The first-order valence-corrected chi connectivity index (χ1v) is 11.4. The molecule has 0 aliphatic heterocycles. The molecule has 0 spiro atoms. The molecule has 4 rings (SSSR count). The van der Waals surface area contributed by atoms with E-state index in [1.165, 1.54) is 50.7 Å². The van der Waals surface area contributed by atoms with Crippen LogP contribution >= 0.6 is 0 Å². The van der Waals surface area contributed by atoms with Crippen molar-refractivity contribution in [3.8, 4) is 5.75 Å². The minimum absolute atomic E-state index is 0.210. The van der Waals surface area contributed by atoms with E-state index in [-0.39, 0.29) is 11.3 Å². The van der Waals surface area contributed by atoms with Gasteiger partial charge in [0.15, 0.2) is 11.6 Å². The fourth-order valence-electron chi connectivity index (χ4n) is 5.86. The van der Waals surface area contributed by atoms with Crippen molar-refractivity contribution < 1.29 is 26.7 Å². The molecule has 0 bridgehead atoms. The number of fused-ring (bicyclic) bond motifs is 2. The number of hydrogen-bond donors (Lipinski definition) is 0. The highest BCUT2D eigenvalue weighted by Crippen LogP contribution is 2.49. The smallest absolute Gasteiger partial charge is 0.403 e. The summed E-state index contributed by atoms with van der Waals surface area (Å²) in [4.78, 5) is 0. The van der Waals surface area contributed by atoms with E-state index in [1.807, 2.05) is 0 Å². The Balaban J connectivity index is 1.51. The number of unbranched alkanes of at least 4 members (excludes halogenated alkanes) is 1. The number of rotatable bonds is 5. The summed E-state index contributed by atoms with van der Waals surface area (Å²) >= 11 is 0. The van der Waals surface area contributed by atoms with Crippen molar-refractivity contribution in [2.24, 2.45) is 17.8 Å². The first kappa shape index (κ1) is 22.3. The highest BCUT2D eigenvalue weighted by molar-refractivity contribution is 5.86. The molecule has 2 unspecified atom stereocenters. The fraction of sp³-hybridized carbons (Fsp3) is 0.600. The third-order valence-corrected chi connectivity index (χ3v) is 7.38. The Kier molecular flexibility index (Phi) is 6.45. The maximum atomic E-state index is 14.8. The largest absolute Gasteiger partial charge is 0.573 e. The topological polar surface area (TPSA) is 9.23 Å². The van der Waals surface area contributed by atoms with Crippen molar-refractivity contribution >= 4 is 10.8 Å². The molecule has 0 amide bonds. The molecular formula is C25H29F5O. The summed E-state index contributed by atoms with van der Waals surface area (Å²) in [6.45, 7) is 2.23. The second-order valence-corrected chi connectivity index (χ2v) is 9.38. The predicted molar refractivity (Wildman–Crippen MR) is 111 cm³/mol. The van der Waals surface area contributed by atoms with Crippen LogP contribution in [0, 0.1) is 29.4 Å². The van der Waals surface area contributed by atoms with Crippen molar-refractivity contribution in [3.63, 3.8) is 0 Å². The molecule has 2 aliphatic carbocycles. The van der Waals surface area contributed by atoms with Crippen LogP contribution in [0.3, 0.4) is 0 Å². The van der Waals surface area contributed by atoms with Crippen LogP contribution in [0.2, 0.25) is 0 Å². The summed E-state index contributed by atoms with van der Waals surface area (Å²) in [5.41, 5.74) is 0.820. The minimum atomic E-state index is -5.03. The summed E-state index contributed by atoms with van der Waals surface area (Å²) in [6.07, 6.45) is 5.74. The normalized spacial score (nSPS) is 26.6. The van der Waals surface area contributed by atoms with E-state index in [0.29, 0.717) is 5.92 Å². The second kappa shape index (κ2) is 8.95. The van der Waals surface area contributed by atoms with Crippen LogP contribution in [0.1, 0.15) is 76.2 Å². The average molecular weight is 440 g/mol. The first-order chi connectivity index (χ1) is 14.7. The maximum Gasteiger partial charge on any atom is 0.573 e. The second-order valence-electron chi connectivity index (χ2n) is 9.38. The van der Waals surface area contributed by atoms with E-state index in [0.717, 1.165) is 42.7 Å². The lowest BCUT2D eigenvalue weighted by molar-refractivity contribution is -0.275. The predicted octanol–water partition coefficient (Wildman–Crippen LogP) is 8.51. The van der Waals surface area contributed by atoms with Crippen LogP contribution < -0.4 is 4.74 Å². The number of alkyl halides is 3. The Bertz CT molecular complexity index is 922. The Morgan fingerprint density at radius 3 is 2.45 bits per heavy atom. The van der Waals surface area contributed by atoms with Gasteiger partial charge in [-0.1, -0.05) is 44.7 Å². The fourth-order valence-corrected chi connectivity index (χ4v) is 5.86. The Morgan fingerprint density at radius 2 is 1.71 bits per heavy atom. The van der Waals surface area contributed by atoms with Crippen molar-refractivity contribution in [1.82, 2.24) is 0 Å². The van der Waals surface area contributed by atoms with E-state index in [1.54, 1.807) is 6.07 Å². The van der Waals surface area contributed by atoms with Crippen molar-refractivity contribution in [2.75, 3.05) is 0 Å². The first-order valence-electron chi connectivity index (χ1n) is 11.4. The van der Waals surface area contributed by atoms with Crippen LogP contribution in [0.5, 0.6) is 5.75 Å². The van der Waals surface area contributed by atoms with E-state index in [4.69, 9.17) is 0 Å². The quantitative estimate of drug-likeness (QED) is 0.424. The van der Waals surface area contributed by atoms with Gasteiger partial charge in [-0.3, -0.25) is 0 Å². The monoisotopic (exact) mass is 440 g/mol. The molecule has 170 valence electrons. The standard InChI is InChI=1S/C25H29F5O/c1-2-3-4-15-5-6-17-12-18(8-7-16(17)11-15)20-13-19-9-10-22(31-25(28,29)30)24(27)23(19)21(26)14-20/h9-10,13-18H,2-8,11-12H2,1H3/t15-,16?,17-,18?/m1/s1. The number of benzene rings is 2. The summed E-state index contributed by atoms with van der Waals surface area (Å²) < 4.78 is 70.4. The third kappa shape index (κ3) is 4.98. The summed E-state index contributed by atoms with van der Waals surface area (Å²) in [7, 11) is 0. The van der Waals surface area contributed by atoms with Gasteiger partial charge < -0.3 is 4.74 Å². The number of ether oxygens (including phenoxy) is 1. The van der Waals surface area contributed by atoms with Gasteiger partial charge in [-0.25, -0.2) is 8.78 Å². The van der Waals surface area contributed by atoms with Crippen molar-refractivity contribution in [1.29, 1.82) is 0 Å². The van der Waals surface area contributed by atoms with Gasteiger partial charge in [-0.2, -0.15) is 0 Å². The van der Waals surface area contributed by atoms with Gasteiger partial charge in [0, 0.05) is 0 Å². The van der Waals surface area contributed by atoms with Gasteiger partial charge in [0.1, 0.15) is 5.82 Å². The SMILES string of the molecule is CCCC[C@@H]1CC[C@@H]2CC(c3cc(F)c4c(F)c(OC(F)(F)F)ccc4c3)CCC2C1. The van der Waals surface area contributed by atoms with Crippen LogP contribution in [0.4, 0.5) is 22.0 Å². The highest BCUT2D eigenvalue weighted by atomic mass is 19.4. The van der Waals surface area contributed by atoms with E-state index < -0.39 is 29.1 Å². The van der Waals surface area contributed by atoms with Crippen molar-refractivity contribution in [3.05, 3.63) is 41.5 Å². The van der Waals surface area contributed by atoms with E-state index >= 15 is 0 Å². The van der Waals surface area contributed by atoms with Gasteiger partial charge in [0.25, 0.3) is 0 Å². The lowest BCUT2D eigenvalue weighted by atomic mass is 9.63. The lowest BCUT2D eigenvalue weighted by Crippen LogP contribution is -2.30. The number of hydrogen-bond acceptors (Lipinski definition) is 1. The molecule has 0 aromatic heterocycles. The van der Waals surface area contributed by atoms with Gasteiger partial charge in [-0.15, -0.1) is 13.2 Å². The average Bonchev–Trinajstić information content (AvgIpc) is 2.72. The Morgan fingerprint density at radius 1 is 0.968 bits per heavy atom. The molecule has 1 nitrogen and oxygen atoms in total. The zero-order valence-corrected chi connectivity index (χ0v) is 17.8. The molecule has 2 saturated carbocycles. The van der Waals surface area contributed by atoms with E-state index in [9.17, 15) is 22.0 Å². The summed E-state index contributed by atoms with van der Waals surface area (Å²) in [5.74, 6) is -0.706. The maximum absolute atomic E-state index is 14.8. The van der Waals surface area contributed by atoms with Gasteiger partial charge in [0.2, 0.25) is 0 Å². The summed E-state index contributed by atoms with van der Waals surface area (Å²) in [5, 5.41) is -0.178. The molecule has 2 aromatic rings. The Labute approximate surface area is 180 Å². The molecule has 0 heterocycles. The number of halogens is 5. The van der Waals surface area contributed by atoms with Crippen LogP contribution in [0.25, 0.3) is 10.8 Å². The molecule has 2 aliphatic rings. The van der Waals surface area contributed by atoms with Gasteiger partial charge in [0.05, 0.1) is 5.39 Å². The highest BCUT2D eigenvalue weighted by Gasteiger charge is 2.36. The molecule has 0 saturated heterocycles. The molecular weight excluding hydrogens is 411 g/mol. The molecule has 2 aromatic carbocycles. The van der Waals surface area contributed by atoms with Crippen LogP contribution in [-0.2, 0) is 0 Å².